The van der Waals surface area contributed by atoms with E-state index in [9.17, 15) is 0 Å². The van der Waals surface area contributed by atoms with Crippen LogP contribution in [-0.2, 0) is 4.74 Å². The van der Waals surface area contributed by atoms with Crippen LogP contribution in [0.1, 0.15) is 6.92 Å². The monoisotopic (exact) mass is 206 g/mol. The molecule has 1 aliphatic heterocycles. The van der Waals surface area contributed by atoms with Crippen molar-refractivity contribution in [2.45, 2.75) is 18.3 Å². The molecule has 0 spiro atoms. The molecule has 14 heavy (non-hydrogen) atoms. The average molecular weight is 206 g/mol. The number of methoxy groups -OCH3 is 1. The van der Waals surface area contributed by atoms with Crippen LogP contribution in [-0.4, -0.2) is 27.8 Å². The number of rotatable bonds is 2. The molecule has 1 aliphatic rings. The number of ether oxygens (including phenoxy) is 1. The van der Waals surface area contributed by atoms with Crippen molar-refractivity contribution in [1.82, 2.24) is 5.32 Å². The highest BCUT2D eigenvalue weighted by molar-refractivity contribution is 6.76. The van der Waals surface area contributed by atoms with E-state index in [4.69, 9.17) is 4.74 Å². The Kier molecular flexibility index (Phi) is 2.72. The predicted molar refractivity (Wildman–Crippen MR) is 60.1 cm³/mol. The molecule has 0 aromatic heterocycles. The molecule has 2 nitrogen and oxygen atoms in total. The molecule has 0 amide bonds. The van der Waals surface area contributed by atoms with Gasteiger partial charge in [0.1, 0.15) is 14.1 Å². The molecular weight excluding hydrogens is 190 g/mol. The van der Waals surface area contributed by atoms with Gasteiger partial charge in [-0.05, 0) is 19.5 Å². The second-order valence-corrected chi connectivity index (χ2v) is 6.75. The maximum absolute atomic E-state index is 5.60. The summed E-state index contributed by atoms with van der Waals surface area (Å²) in [5, 5.41) is 4.83. The molecule has 1 atom stereocenters. The highest BCUT2D eigenvalue weighted by atomic mass is 28.3. The second kappa shape index (κ2) is 3.85. The third-order valence-electron chi connectivity index (χ3n) is 2.94. The van der Waals surface area contributed by atoms with Crippen molar-refractivity contribution >= 4 is 14.0 Å². The van der Waals surface area contributed by atoms with E-state index >= 15 is 0 Å². The minimum Gasteiger partial charge on any atom is -0.367 e. The van der Waals surface area contributed by atoms with Crippen molar-refractivity contribution in [2.24, 2.45) is 0 Å². The number of benzene rings is 1. The van der Waals surface area contributed by atoms with E-state index in [0.29, 0.717) is 0 Å². The minimum atomic E-state index is -0.611. The molecule has 0 aliphatic carbocycles. The summed E-state index contributed by atoms with van der Waals surface area (Å²) in [6, 6.07) is 12.0. The van der Waals surface area contributed by atoms with Crippen LogP contribution in [0.5, 0.6) is 0 Å². The Bertz CT molecular complexity index is 303. The summed E-state index contributed by atoms with van der Waals surface area (Å²) in [6.07, 6.45) is 0. The Morgan fingerprint density at radius 2 is 2.07 bits per heavy atom. The number of nitrogens with one attached hydrogen (secondary N) is 1. The van der Waals surface area contributed by atoms with Crippen LogP contribution >= 0.6 is 0 Å². The topological polar surface area (TPSA) is 21.3 Å². The van der Waals surface area contributed by atoms with E-state index in [-0.39, 0.29) is 5.35 Å². The first-order valence-electron chi connectivity index (χ1n) is 4.98. The third kappa shape index (κ3) is 1.63. The van der Waals surface area contributed by atoms with Crippen LogP contribution in [0.3, 0.4) is 0 Å². The lowest BCUT2D eigenvalue weighted by Gasteiger charge is -2.29. The van der Waals surface area contributed by atoms with E-state index in [1.807, 2.05) is 0 Å². The molecule has 1 radical (unpaired) electrons. The Morgan fingerprint density at radius 3 is 2.71 bits per heavy atom. The van der Waals surface area contributed by atoms with Gasteiger partial charge in [-0.15, -0.1) is 0 Å². The summed E-state index contributed by atoms with van der Waals surface area (Å²) in [6.45, 7) is 3.24. The Morgan fingerprint density at radius 1 is 1.36 bits per heavy atom. The van der Waals surface area contributed by atoms with Gasteiger partial charge in [-0.25, -0.2) is 0 Å². The molecule has 1 N–H and O–H groups in total. The van der Waals surface area contributed by atoms with Crippen LogP contribution in [0, 0.1) is 0 Å². The standard InChI is InChI=1S/C11H16NOSi/c1-11(13-2)12-8-9-14(11)10-6-4-3-5-7-10/h3-7,12H,8-9H2,1-2H3. The van der Waals surface area contributed by atoms with Crippen molar-refractivity contribution < 1.29 is 4.74 Å². The van der Waals surface area contributed by atoms with Gasteiger partial charge in [-0.1, -0.05) is 35.5 Å². The zero-order chi connectivity index (χ0) is 10.0. The first-order valence-corrected chi connectivity index (χ1v) is 6.69. The molecule has 1 unspecified atom stereocenters. The minimum absolute atomic E-state index is 0.0912. The first-order chi connectivity index (χ1) is 6.76. The van der Waals surface area contributed by atoms with E-state index < -0.39 is 8.80 Å². The van der Waals surface area contributed by atoms with Gasteiger partial charge in [-0.2, -0.15) is 0 Å². The van der Waals surface area contributed by atoms with Gasteiger partial charge in [0, 0.05) is 7.11 Å². The molecular formula is C11H16NOSi. The molecule has 1 fully saturated rings. The van der Waals surface area contributed by atoms with E-state index in [0.717, 1.165) is 6.54 Å². The van der Waals surface area contributed by atoms with Gasteiger partial charge < -0.3 is 4.74 Å². The van der Waals surface area contributed by atoms with Crippen molar-refractivity contribution in [3.8, 4) is 0 Å². The lowest BCUT2D eigenvalue weighted by atomic mass is 10.4. The van der Waals surface area contributed by atoms with Gasteiger partial charge in [0.25, 0.3) is 0 Å². The summed E-state index contributed by atoms with van der Waals surface area (Å²) in [5.74, 6) is 0. The molecule has 1 saturated heterocycles. The predicted octanol–water partition coefficient (Wildman–Crippen LogP) is 0.893. The fraction of sp³-hybridized carbons (Fsp3) is 0.455. The number of hydrogen-bond acceptors (Lipinski definition) is 2. The number of hydrogen-bond donors (Lipinski definition) is 1. The van der Waals surface area contributed by atoms with Crippen LogP contribution in [0.4, 0.5) is 0 Å². The Hall–Kier alpha value is -0.643. The van der Waals surface area contributed by atoms with E-state index in [2.05, 4.69) is 42.6 Å². The van der Waals surface area contributed by atoms with Gasteiger partial charge in [-0.3, -0.25) is 5.32 Å². The van der Waals surface area contributed by atoms with Crippen molar-refractivity contribution in [2.75, 3.05) is 13.7 Å². The SMILES string of the molecule is COC1(C)NCC[Si]1c1ccccc1. The lowest BCUT2D eigenvalue weighted by Crippen LogP contribution is -2.54. The molecule has 0 bridgehead atoms. The summed E-state index contributed by atoms with van der Waals surface area (Å²) >= 11 is 0. The van der Waals surface area contributed by atoms with Crippen LogP contribution in [0.2, 0.25) is 6.04 Å². The van der Waals surface area contributed by atoms with Gasteiger partial charge in [0.05, 0.1) is 0 Å². The van der Waals surface area contributed by atoms with Crippen molar-refractivity contribution in [3.63, 3.8) is 0 Å². The van der Waals surface area contributed by atoms with Gasteiger partial charge >= 0.3 is 0 Å². The average Bonchev–Trinajstić information content (AvgIpc) is 2.63. The molecule has 75 valence electrons. The smallest absolute Gasteiger partial charge is 0.145 e. The van der Waals surface area contributed by atoms with E-state index in [1.54, 1.807) is 7.11 Å². The Labute approximate surface area is 86.9 Å². The lowest BCUT2D eigenvalue weighted by molar-refractivity contribution is 0.0544. The zero-order valence-corrected chi connectivity index (χ0v) is 9.71. The second-order valence-electron chi connectivity index (χ2n) is 3.76. The normalized spacial score (nSPS) is 28.1. The molecule has 1 heterocycles. The van der Waals surface area contributed by atoms with Crippen LogP contribution in [0.15, 0.2) is 30.3 Å². The molecule has 1 aromatic rings. The van der Waals surface area contributed by atoms with Crippen molar-refractivity contribution in [1.29, 1.82) is 0 Å². The molecule has 2 rings (SSSR count). The van der Waals surface area contributed by atoms with Crippen molar-refractivity contribution in [3.05, 3.63) is 30.3 Å². The molecule has 1 aromatic carbocycles. The van der Waals surface area contributed by atoms with Crippen LogP contribution in [0.25, 0.3) is 0 Å². The quantitative estimate of drug-likeness (QED) is 0.726. The molecule has 0 saturated carbocycles. The first kappa shape index (κ1) is 9.89. The van der Waals surface area contributed by atoms with Crippen LogP contribution < -0.4 is 10.5 Å². The highest BCUT2D eigenvalue weighted by Gasteiger charge is 2.41. The fourth-order valence-electron chi connectivity index (χ4n) is 2.03. The summed E-state index contributed by atoms with van der Waals surface area (Å²) < 4.78 is 5.60. The summed E-state index contributed by atoms with van der Waals surface area (Å²) in [4.78, 5) is 0. The third-order valence-corrected chi connectivity index (χ3v) is 6.26. The van der Waals surface area contributed by atoms with Gasteiger partial charge in [0.2, 0.25) is 0 Å². The Balaban J connectivity index is 2.26. The van der Waals surface area contributed by atoms with E-state index in [1.165, 1.54) is 11.2 Å². The maximum Gasteiger partial charge on any atom is 0.145 e. The summed E-state index contributed by atoms with van der Waals surface area (Å²) in [5.41, 5.74) is 0. The summed E-state index contributed by atoms with van der Waals surface area (Å²) in [7, 11) is 1.19. The molecule has 3 heteroatoms. The maximum atomic E-state index is 5.60. The van der Waals surface area contributed by atoms with Gasteiger partial charge in [0.15, 0.2) is 0 Å². The largest absolute Gasteiger partial charge is 0.367 e. The highest BCUT2D eigenvalue weighted by Crippen LogP contribution is 2.19. The fourth-order valence-corrected chi connectivity index (χ4v) is 4.90. The zero-order valence-electron chi connectivity index (χ0n) is 8.71.